The quantitative estimate of drug-likeness (QED) is 0.655. The number of nitrogens with one attached hydrogen (secondary N) is 1. The van der Waals surface area contributed by atoms with Gasteiger partial charge >= 0.3 is 0 Å². The predicted octanol–water partition coefficient (Wildman–Crippen LogP) is 2.27. The van der Waals surface area contributed by atoms with Gasteiger partial charge in [0, 0.05) is 11.8 Å². The van der Waals surface area contributed by atoms with Crippen LogP contribution in [-0.2, 0) is 0 Å². The fourth-order valence-corrected chi connectivity index (χ4v) is 2.49. The molecule has 2 heteroatoms. The lowest BCUT2D eigenvalue weighted by Crippen LogP contribution is -2.34. The first-order valence-electron chi connectivity index (χ1n) is 4.74. The van der Waals surface area contributed by atoms with E-state index in [2.05, 4.69) is 24.0 Å². The van der Waals surface area contributed by atoms with Crippen molar-refractivity contribution in [1.82, 2.24) is 5.32 Å². The fraction of sp³-hybridized carbons (Fsp3) is 1.00. The summed E-state index contributed by atoms with van der Waals surface area (Å²) >= 11 is 2.10. The van der Waals surface area contributed by atoms with Gasteiger partial charge in [0.15, 0.2) is 0 Å². The Labute approximate surface area is 74.3 Å². The topological polar surface area (TPSA) is 12.0 Å². The lowest BCUT2D eigenvalue weighted by Gasteiger charge is -2.22. The molecule has 66 valence electrons. The van der Waals surface area contributed by atoms with Gasteiger partial charge in [-0.15, -0.1) is 0 Å². The highest BCUT2D eigenvalue weighted by Gasteiger charge is 2.11. The summed E-state index contributed by atoms with van der Waals surface area (Å²) in [5.74, 6) is 2.72. The van der Waals surface area contributed by atoms with Crippen molar-refractivity contribution in [3.05, 3.63) is 0 Å². The normalized spacial score (nSPS) is 25.4. The van der Waals surface area contributed by atoms with Crippen molar-refractivity contribution >= 4 is 11.8 Å². The Hall–Kier alpha value is 0.310. The van der Waals surface area contributed by atoms with Gasteiger partial charge in [-0.25, -0.2) is 0 Å². The van der Waals surface area contributed by atoms with Crippen LogP contribution >= 0.6 is 11.8 Å². The molecule has 0 unspecified atom stereocenters. The summed E-state index contributed by atoms with van der Waals surface area (Å²) in [5, 5.41) is 3.60. The maximum absolute atomic E-state index is 3.60. The fourth-order valence-electron chi connectivity index (χ4n) is 1.38. The van der Waals surface area contributed by atoms with Gasteiger partial charge in [0.25, 0.3) is 0 Å². The van der Waals surface area contributed by atoms with Crippen molar-refractivity contribution < 1.29 is 0 Å². The van der Waals surface area contributed by atoms with Crippen molar-refractivity contribution in [2.75, 3.05) is 18.1 Å². The molecule has 0 aromatic rings. The first-order valence-corrected chi connectivity index (χ1v) is 5.90. The van der Waals surface area contributed by atoms with Crippen molar-refractivity contribution in [2.24, 2.45) is 0 Å². The van der Waals surface area contributed by atoms with Crippen LogP contribution in [-0.4, -0.2) is 24.1 Å². The molecule has 0 spiro atoms. The van der Waals surface area contributed by atoms with Crippen molar-refractivity contribution in [3.63, 3.8) is 0 Å². The van der Waals surface area contributed by atoms with Crippen LogP contribution in [0.25, 0.3) is 0 Å². The molecule has 1 aliphatic rings. The molecule has 1 N–H and O–H groups in total. The molecule has 0 bridgehead atoms. The Balaban J connectivity index is 1.96. The van der Waals surface area contributed by atoms with E-state index >= 15 is 0 Å². The van der Waals surface area contributed by atoms with E-state index in [0.29, 0.717) is 0 Å². The highest BCUT2D eigenvalue weighted by Crippen LogP contribution is 2.16. The first kappa shape index (κ1) is 9.40. The molecule has 0 aromatic carbocycles. The molecule has 0 saturated carbocycles. The lowest BCUT2D eigenvalue weighted by molar-refractivity contribution is 0.499. The van der Waals surface area contributed by atoms with E-state index < -0.39 is 0 Å². The van der Waals surface area contributed by atoms with Gasteiger partial charge in [-0.2, -0.15) is 11.8 Å². The second-order valence-corrected chi connectivity index (χ2v) is 4.37. The van der Waals surface area contributed by atoms with Gasteiger partial charge in [0.05, 0.1) is 0 Å². The number of hydrogen-bond acceptors (Lipinski definition) is 2. The molecular formula is C9H19NS. The molecule has 1 fully saturated rings. The number of unbranched alkanes of at least 4 members (excludes halogenated alkanes) is 1. The monoisotopic (exact) mass is 173 g/mol. The zero-order valence-corrected chi connectivity index (χ0v) is 8.25. The number of rotatable bonds is 4. The minimum absolute atomic E-state index is 0.820. The van der Waals surface area contributed by atoms with Crippen molar-refractivity contribution in [1.29, 1.82) is 0 Å². The van der Waals surface area contributed by atoms with Crippen molar-refractivity contribution in [3.8, 4) is 0 Å². The van der Waals surface area contributed by atoms with E-state index in [9.17, 15) is 0 Å². The standard InChI is InChI=1S/C9H19NS/c1-2-3-6-10-9-5-4-7-11-8-9/h9-10H,2-8H2,1H3/t9-/m1/s1. The largest absolute Gasteiger partial charge is 0.313 e. The molecule has 1 aliphatic heterocycles. The Bertz CT molecular complexity index is 89.6. The molecule has 1 atom stereocenters. The molecule has 0 radical (unpaired) electrons. The molecule has 0 aliphatic carbocycles. The summed E-state index contributed by atoms with van der Waals surface area (Å²) in [5.41, 5.74) is 0. The summed E-state index contributed by atoms with van der Waals surface area (Å²) in [6, 6.07) is 0.820. The average molecular weight is 173 g/mol. The van der Waals surface area contributed by atoms with E-state index in [0.717, 1.165) is 6.04 Å². The zero-order chi connectivity index (χ0) is 7.94. The van der Waals surface area contributed by atoms with Crippen LogP contribution in [0.15, 0.2) is 0 Å². The van der Waals surface area contributed by atoms with Crippen molar-refractivity contribution in [2.45, 2.75) is 38.6 Å². The third-order valence-electron chi connectivity index (χ3n) is 2.12. The highest BCUT2D eigenvalue weighted by atomic mass is 32.2. The van der Waals surface area contributed by atoms with Crippen LogP contribution in [0.4, 0.5) is 0 Å². The molecule has 0 amide bonds. The molecule has 1 rings (SSSR count). The molecule has 1 heterocycles. The smallest absolute Gasteiger partial charge is 0.0158 e. The van der Waals surface area contributed by atoms with Gasteiger partial charge in [-0.05, 0) is 31.6 Å². The van der Waals surface area contributed by atoms with Crippen LogP contribution in [0.3, 0.4) is 0 Å². The maximum Gasteiger partial charge on any atom is 0.0158 e. The average Bonchev–Trinajstić information content (AvgIpc) is 2.07. The summed E-state index contributed by atoms with van der Waals surface area (Å²) in [6.45, 7) is 3.47. The van der Waals surface area contributed by atoms with Gasteiger partial charge in [0.2, 0.25) is 0 Å². The SMILES string of the molecule is CCCCN[C@@H]1CCCSC1. The summed E-state index contributed by atoms with van der Waals surface area (Å²) in [4.78, 5) is 0. The van der Waals surface area contributed by atoms with Crippen LogP contribution in [0.2, 0.25) is 0 Å². The number of thioether (sulfide) groups is 1. The lowest BCUT2D eigenvalue weighted by atomic mass is 10.2. The van der Waals surface area contributed by atoms with Gasteiger partial charge in [-0.3, -0.25) is 0 Å². The first-order chi connectivity index (χ1) is 5.43. The van der Waals surface area contributed by atoms with E-state index in [1.165, 1.54) is 43.7 Å². The van der Waals surface area contributed by atoms with E-state index in [1.54, 1.807) is 0 Å². The minimum Gasteiger partial charge on any atom is -0.313 e. The van der Waals surface area contributed by atoms with E-state index in [4.69, 9.17) is 0 Å². The minimum atomic E-state index is 0.820. The third kappa shape index (κ3) is 4.02. The Morgan fingerprint density at radius 3 is 3.09 bits per heavy atom. The molecular weight excluding hydrogens is 154 g/mol. The summed E-state index contributed by atoms with van der Waals surface area (Å²) in [6.07, 6.45) is 5.46. The van der Waals surface area contributed by atoms with Gasteiger partial charge < -0.3 is 5.32 Å². The summed E-state index contributed by atoms with van der Waals surface area (Å²) < 4.78 is 0. The third-order valence-corrected chi connectivity index (χ3v) is 3.34. The van der Waals surface area contributed by atoms with E-state index in [-0.39, 0.29) is 0 Å². The Morgan fingerprint density at radius 2 is 2.45 bits per heavy atom. The summed E-state index contributed by atoms with van der Waals surface area (Å²) in [7, 11) is 0. The number of hydrogen-bond donors (Lipinski definition) is 1. The molecule has 1 nitrogen and oxygen atoms in total. The second kappa shape index (κ2) is 5.90. The van der Waals surface area contributed by atoms with Gasteiger partial charge in [0.1, 0.15) is 0 Å². The molecule has 11 heavy (non-hydrogen) atoms. The zero-order valence-electron chi connectivity index (χ0n) is 7.44. The van der Waals surface area contributed by atoms with Crippen LogP contribution in [0.5, 0.6) is 0 Å². The van der Waals surface area contributed by atoms with Crippen LogP contribution < -0.4 is 5.32 Å². The van der Waals surface area contributed by atoms with Crippen LogP contribution in [0.1, 0.15) is 32.6 Å². The predicted molar refractivity (Wildman–Crippen MR) is 53.3 cm³/mol. The van der Waals surface area contributed by atoms with Crippen LogP contribution in [0, 0.1) is 0 Å². The highest BCUT2D eigenvalue weighted by molar-refractivity contribution is 7.99. The Morgan fingerprint density at radius 1 is 1.55 bits per heavy atom. The second-order valence-electron chi connectivity index (χ2n) is 3.22. The van der Waals surface area contributed by atoms with E-state index in [1.807, 2.05) is 0 Å². The van der Waals surface area contributed by atoms with Gasteiger partial charge in [-0.1, -0.05) is 13.3 Å². The molecule has 0 aromatic heterocycles. The molecule has 1 saturated heterocycles. The Kier molecular flexibility index (Phi) is 5.04. The maximum atomic E-state index is 3.60.